The van der Waals surface area contributed by atoms with Gasteiger partial charge in [0, 0.05) is 11.8 Å². The summed E-state index contributed by atoms with van der Waals surface area (Å²) < 4.78 is 1.78. The maximum absolute atomic E-state index is 12.5. The second-order valence-electron chi connectivity index (χ2n) is 4.71. The summed E-state index contributed by atoms with van der Waals surface area (Å²) in [5.41, 5.74) is 3.49. The van der Waals surface area contributed by atoms with Gasteiger partial charge in [-0.2, -0.15) is 5.26 Å². The molecule has 0 saturated heterocycles. The quantitative estimate of drug-likeness (QED) is 0.663. The molecular formula is C17H12N2O. The molecule has 0 radical (unpaired) electrons. The van der Waals surface area contributed by atoms with Gasteiger partial charge in [0.2, 0.25) is 5.78 Å². The third-order valence-electron chi connectivity index (χ3n) is 3.32. The van der Waals surface area contributed by atoms with Crippen LogP contribution in [0.25, 0.3) is 5.52 Å². The van der Waals surface area contributed by atoms with Crippen molar-refractivity contribution in [2.75, 3.05) is 0 Å². The lowest BCUT2D eigenvalue weighted by atomic mass is 10.1. The molecule has 1 aromatic carbocycles. The number of carbonyl (C=O) groups is 1. The first-order valence-corrected chi connectivity index (χ1v) is 6.32. The Kier molecular flexibility index (Phi) is 2.85. The highest BCUT2D eigenvalue weighted by Crippen LogP contribution is 2.20. The minimum Gasteiger partial charge on any atom is -0.312 e. The first-order chi connectivity index (χ1) is 9.70. The van der Waals surface area contributed by atoms with E-state index in [9.17, 15) is 10.1 Å². The average Bonchev–Trinajstić information content (AvgIpc) is 2.85. The molecule has 3 aromatic rings. The van der Waals surface area contributed by atoms with Crippen LogP contribution in [0.5, 0.6) is 0 Å². The van der Waals surface area contributed by atoms with Crippen molar-refractivity contribution in [3.63, 3.8) is 0 Å². The second-order valence-corrected chi connectivity index (χ2v) is 4.71. The van der Waals surface area contributed by atoms with Gasteiger partial charge in [0.05, 0.1) is 16.8 Å². The van der Waals surface area contributed by atoms with Gasteiger partial charge in [0.25, 0.3) is 0 Å². The fourth-order valence-electron chi connectivity index (χ4n) is 2.31. The standard InChI is InChI=1S/C17H12N2O/c1-12-7-8-19-15(9-12)14(11-18)10-16(19)17(20)13-5-3-2-4-6-13/h2-10H,1H3. The Hall–Kier alpha value is -2.86. The zero-order valence-electron chi connectivity index (χ0n) is 11.0. The van der Waals surface area contributed by atoms with Crippen LogP contribution in [0, 0.1) is 18.3 Å². The Bertz CT molecular complexity index is 839. The first-order valence-electron chi connectivity index (χ1n) is 6.32. The number of hydrogen-bond acceptors (Lipinski definition) is 2. The number of hydrogen-bond donors (Lipinski definition) is 0. The summed E-state index contributed by atoms with van der Waals surface area (Å²) in [6.07, 6.45) is 1.84. The van der Waals surface area contributed by atoms with E-state index in [0.29, 0.717) is 16.8 Å². The van der Waals surface area contributed by atoms with Gasteiger partial charge in [-0.05, 0) is 30.7 Å². The van der Waals surface area contributed by atoms with E-state index in [1.807, 2.05) is 43.5 Å². The van der Waals surface area contributed by atoms with Crippen LogP contribution < -0.4 is 0 Å². The van der Waals surface area contributed by atoms with Crippen LogP contribution in [0.4, 0.5) is 0 Å². The summed E-state index contributed by atoms with van der Waals surface area (Å²) in [4.78, 5) is 12.5. The van der Waals surface area contributed by atoms with Crippen molar-refractivity contribution in [2.24, 2.45) is 0 Å². The van der Waals surface area contributed by atoms with Crippen LogP contribution >= 0.6 is 0 Å². The van der Waals surface area contributed by atoms with Crippen molar-refractivity contribution in [2.45, 2.75) is 6.92 Å². The lowest BCUT2D eigenvalue weighted by molar-refractivity contribution is 0.103. The molecule has 2 heterocycles. The van der Waals surface area contributed by atoms with Crippen molar-refractivity contribution < 1.29 is 4.79 Å². The number of carbonyl (C=O) groups excluding carboxylic acids is 1. The Balaban J connectivity index is 2.23. The Morgan fingerprint density at radius 1 is 1.15 bits per heavy atom. The molecule has 0 bridgehead atoms. The van der Waals surface area contributed by atoms with Gasteiger partial charge in [0.15, 0.2) is 0 Å². The van der Waals surface area contributed by atoms with E-state index in [-0.39, 0.29) is 5.78 Å². The summed E-state index contributed by atoms with van der Waals surface area (Å²) >= 11 is 0. The van der Waals surface area contributed by atoms with Crippen LogP contribution in [0.3, 0.4) is 0 Å². The number of aryl methyl sites for hydroxylation is 1. The van der Waals surface area contributed by atoms with Crippen LogP contribution in [-0.2, 0) is 0 Å². The molecule has 0 atom stereocenters. The molecule has 3 rings (SSSR count). The molecule has 20 heavy (non-hydrogen) atoms. The van der Waals surface area contributed by atoms with Gasteiger partial charge in [-0.25, -0.2) is 0 Å². The van der Waals surface area contributed by atoms with E-state index >= 15 is 0 Å². The van der Waals surface area contributed by atoms with E-state index in [1.54, 1.807) is 22.6 Å². The van der Waals surface area contributed by atoms with E-state index in [4.69, 9.17) is 0 Å². The van der Waals surface area contributed by atoms with E-state index in [1.165, 1.54) is 0 Å². The van der Waals surface area contributed by atoms with Crippen LogP contribution in [0.2, 0.25) is 0 Å². The largest absolute Gasteiger partial charge is 0.312 e. The predicted octanol–water partition coefficient (Wildman–Crippen LogP) is 3.35. The predicted molar refractivity (Wildman–Crippen MR) is 76.7 cm³/mol. The molecule has 96 valence electrons. The SMILES string of the molecule is Cc1ccn2c(C(=O)c3ccccc3)cc(C#N)c2c1. The minimum atomic E-state index is -0.0778. The highest BCUT2D eigenvalue weighted by Gasteiger charge is 2.16. The lowest BCUT2D eigenvalue weighted by Gasteiger charge is -2.03. The Labute approximate surface area is 116 Å². The molecule has 0 aliphatic heterocycles. The number of ketones is 1. The monoisotopic (exact) mass is 260 g/mol. The minimum absolute atomic E-state index is 0.0778. The topological polar surface area (TPSA) is 45.3 Å². The van der Waals surface area contributed by atoms with Crippen LogP contribution in [-0.4, -0.2) is 10.2 Å². The van der Waals surface area contributed by atoms with E-state index < -0.39 is 0 Å². The first kappa shape index (κ1) is 12.2. The molecule has 0 unspecified atom stereocenters. The second kappa shape index (κ2) is 4.67. The molecule has 3 heteroatoms. The number of fused-ring (bicyclic) bond motifs is 1. The zero-order chi connectivity index (χ0) is 14.1. The van der Waals surface area contributed by atoms with E-state index in [2.05, 4.69) is 6.07 Å². The lowest BCUT2D eigenvalue weighted by Crippen LogP contribution is -2.04. The summed E-state index contributed by atoms with van der Waals surface area (Å²) in [5, 5.41) is 9.22. The molecule has 0 amide bonds. The zero-order valence-corrected chi connectivity index (χ0v) is 11.0. The van der Waals surface area contributed by atoms with Crippen LogP contribution in [0.1, 0.15) is 27.2 Å². The normalized spacial score (nSPS) is 10.4. The molecule has 0 aliphatic rings. The summed E-state index contributed by atoms with van der Waals surface area (Å²) in [5.74, 6) is -0.0778. The molecule has 3 nitrogen and oxygen atoms in total. The fourth-order valence-corrected chi connectivity index (χ4v) is 2.31. The third kappa shape index (κ3) is 1.88. The summed E-state index contributed by atoms with van der Waals surface area (Å²) in [6, 6.07) is 16.7. The van der Waals surface area contributed by atoms with Crippen molar-refractivity contribution in [1.82, 2.24) is 4.40 Å². The number of rotatable bonds is 2. The number of nitriles is 1. The maximum atomic E-state index is 12.5. The van der Waals surface area contributed by atoms with E-state index in [0.717, 1.165) is 11.1 Å². The average molecular weight is 260 g/mol. The number of pyridine rings is 1. The van der Waals surface area contributed by atoms with Gasteiger partial charge in [-0.3, -0.25) is 4.79 Å². The smallest absolute Gasteiger partial charge is 0.209 e. The Morgan fingerprint density at radius 2 is 1.90 bits per heavy atom. The molecule has 0 saturated carbocycles. The van der Waals surface area contributed by atoms with Crippen molar-refractivity contribution in [1.29, 1.82) is 5.26 Å². The molecule has 0 aliphatic carbocycles. The van der Waals surface area contributed by atoms with Gasteiger partial charge in [0.1, 0.15) is 6.07 Å². The number of benzene rings is 1. The van der Waals surface area contributed by atoms with Crippen LogP contribution in [0.15, 0.2) is 54.7 Å². The molecule has 2 aromatic heterocycles. The van der Waals surface area contributed by atoms with Gasteiger partial charge in [-0.1, -0.05) is 30.3 Å². The third-order valence-corrected chi connectivity index (χ3v) is 3.32. The maximum Gasteiger partial charge on any atom is 0.209 e. The van der Waals surface area contributed by atoms with Gasteiger partial charge >= 0.3 is 0 Å². The number of aromatic nitrogens is 1. The van der Waals surface area contributed by atoms with Crippen molar-refractivity contribution in [3.05, 3.63) is 77.1 Å². The van der Waals surface area contributed by atoms with Gasteiger partial charge < -0.3 is 4.40 Å². The fraction of sp³-hybridized carbons (Fsp3) is 0.0588. The number of nitrogens with zero attached hydrogens (tertiary/aromatic N) is 2. The van der Waals surface area contributed by atoms with Crippen molar-refractivity contribution >= 4 is 11.3 Å². The molecule has 0 N–H and O–H groups in total. The summed E-state index contributed by atoms with van der Waals surface area (Å²) in [7, 11) is 0. The van der Waals surface area contributed by atoms with Gasteiger partial charge in [-0.15, -0.1) is 0 Å². The molecule has 0 spiro atoms. The summed E-state index contributed by atoms with van der Waals surface area (Å²) in [6.45, 7) is 1.97. The Morgan fingerprint density at radius 3 is 2.60 bits per heavy atom. The molecule has 0 fully saturated rings. The highest BCUT2D eigenvalue weighted by atomic mass is 16.1. The molecular weight excluding hydrogens is 248 g/mol. The highest BCUT2D eigenvalue weighted by molar-refractivity contribution is 6.09. The van der Waals surface area contributed by atoms with Crippen molar-refractivity contribution in [3.8, 4) is 6.07 Å².